The third-order valence-corrected chi connectivity index (χ3v) is 3.25. The Morgan fingerprint density at radius 3 is 2.35 bits per heavy atom. The van der Waals surface area contributed by atoms with Crippen molar-refractivity contribution < 1.29 is 14.3 Å². The van der Waals surface area contributed by atoms with Gasteiger partial charge in [0, 0.05) is 19.1 Å². The average Bonchev–Trinajstić information content (AvgIpc) is 2.26. The van der Waals surface area contributed by atoms with Crippen LogP contribution in [0.4, 0.5) is 4.79 Å². The first-order valence-electron chi connectivity index (χ1n) is 7.07. The summed E-state index contributed by atoms with van der Waals surface area (Å²) in [6.07, 6.45) is 1.49. The van der Waals surface area contributed by atoms with Gasteiger partial charge in [0.05, 0.1) is 5.54 Å². The van der Waals surface area contributed by atoms with Gasteiger partial charge in [0.2, 0.25) is 5.91 Å². The number of amides is 2. The zero-order chi connectivity index (χ0) is 15.6. The van der Waals surface area contributed by atoms with Gasteiger partial charge in [-0.1, -0.05) is 0 Å². The highest BCUT2D eigenvalue weighted by Crippen LogP contribution is 2.17. The number of primary amides is 1. The summed E-state index contributed by atoms with van der Waals surface area (Å²) < 4.78 is 5.37. The van der Waals surface area contributed by atoms with Gasteiger partial charge in [0.15, 0.2) is 0 Å². The fourth-order valence-corrected chi connectivity index (χ4v) is 2.17. The first-order chi connectivity index (χ1) is 9.01. The van der Waals surface area contributed by atoms with Crippen molar-refractivity contribution in [2.75, 3.05) is 13.1 Å². The maximum Gasteiger partial charge on any atom is 0.410 e. The van der Waals surface area contributed by atoms with Crippen molar-refractivity contribution in [2.24, 2.45) is 5.73 Å². The third kappa shape index (κ3) is 5.00. The van der Waals surface area contributed by atoms with Crippen LogP contribution in [-0.2, 0) is 9.53 Å². The Kier molecular flexibility index (Phi) is 5.02. The van der Waals surface area contributed by atoms with E-state index in [0.717, 1.165) is 12.8 Å². The first-order valence-corrected chi connectivity index (χ1v) is 7.07. The molecule has 20 heavy (non-hydrogen) atoms. The van der Waals surface area contributed by atoms with Gasteiger partial charge in [-0.15, -0.1) is 0 Å². The second-order valence-corrected chi connectivity index (χ2v) is 6.90. The van der Waals surface area contributed by atoms with E-state index in [1.54, 1.807) is 18.7 Å². The molecule has 1 fully saturated rings. The Morgan fingerprint density at radius 1 is 1.25 bits per heavy atom. The molecular weight excluding hydrogens is 258 g/mol. The SMILES string of the molecule is CC(C)(C)OC(=O)N1CCCC(NC(C)(C)C(N)=O)C1. The number of likely N-dealkylation sites (tertiary alicyclic amines) is 1. The van der Waals surface area contributed by atoms with Crippen LogP contribution in [0.15, 0.2) is 0 Å². The molecule has 0 aliphatic carbocycles. The van der Waals surface area contributed by atoms with Crippen LogP contribution >= 0.6 is 0 Å². The molecule has 1 atom stereocenters. The molecule has 6 heteroatoms. The fraction of sp³-hybridized carbons (Fsp3) is 0.857. The van der Waals surface area contributed by atoms with Crippen molar-refractivity contribution in [3.05, 3.63) is 0 Å². The van der Waals surface area contributed by atoms with Gasteiger partial charge >= 0.3 is 6.09 Å². The maximum atomic E-state index is 12.0. The van der Waals surface area contributed by atoms with E-state index in [9.17, 15) is 9.59 Å². The minimum absolute atomic E-state index is 0.0544. The number of nitrogens with zero attached hydrogens (tertiary/aromatic N) is 1. The van der Waals surface area contributed by atoms with E-state index in [1.807, 2.05) is 20.8 Å². The van der Waals surface area contributed by atoms with Crippen LogP contribution in [0.3, 0.4) is 0 Å². The number of nitrogens with one attached hydrogen (secondary N) is 1. The van der Waals surface area contributed by atoms with Crippen LogP contribution in [0, 0.1) is 0 Å². The number of nitrogens with two attached hydrogens (primary N) is 1. The van der Waals surface area contributed by atoms with Gasteiger partial charge in [-0.05, 0) is 47.5 Å². The van der Waals surface area contributed by atoms with Gasteiger partial charge in [-0.25, -0.2) is 4.79 Å². The molecule has 1 aliphatic heterocycles. The van der Waals surface area contributed by atoms with Gasteiger partial charge in [-0.3, -0.25) is 10.1 Å². The first kappa shape index (κ1) is 16.8. The summed E-state index contributed by atoms with van der Waals surface area (Å²) in [5, 5.41) is 3.22. The lowest BCUT2D eigenvalue weighted by atomic mass is 9.99. The molecular formula is C14H27N3O3. The molecule has 1 heterocycles. The number of carbonyl (C=O) groups excluding carboxylic acids is 2. The number of carbonyl (C=O) groups is 2. The second-order valence-electron chi connectivity index (χ2n) is 6.90. The third-order valence-electron chi connectivity index (χ3n) is 3.25. The quantitative estimate of drug-likeness (QED) is 0.817. The zero-order valence-electron chi connectivity index (χ0n) is 13.2. The van der Waals surface area contributed by atoms with Crippen LogP contribution in [0.2, 0.25) is 0 Å². The molecule has 0 saturated carbocycles. The molecule has 0 aromatic carbocycles. The number of rotatable bonds is 3. The average molecular weight is 285 g/mol. The molecule has 0 bridgehead atoms. The predicted octanol–water partition coefficient (Wildman–Crippen LogP) is 1.24. The Bertz CT molecular complexity index is 374. The summed E-state index contributed by atoms with van der Waals surface area (Å²) in [6.45, 7) is 10.3. The Balaban J connectivity index is 2.59. The van der Waals surface area contributed by atoms with Crippen LogP contribution in [-0.4, -0.2) is 47.2 Å². The molecule has 0 aromatic heterocycles. The molecule has 0 aromatic rings. The van der Waals surface area contributed by atoms with E-state index in [1.165, 1.54) is 0 Å². The summed E-state index contributed by atoms with van der Waals surface area (Å²) in [5.41, 5.74) is 4.09. The van der Waals surface area contributed by atoms with Crippen molar-refractivity contribution >= 4 is 12.0 Å². The van der Waals surface area contributed by atoms with Crippen molar-refractivity contribution in [3.63, 3.8) is 0 Å². The standard InChI is InChI=1S/C14H27N3O3/c1-13(2,3)20-12(19)17-8-6-7-10(9-17)16-14(4,5)11(15)18/h10,16H,6-9H2,1-5H3,(H2,15,18). The molecule has 1 unspecified atom stereocenters. The minimum atomic E-state index is -0.776. The summed E-state index contributed by atoms with van der Waals surface area (Å²) in [6, 6.07) is 0.0544. The van der Waals surface area contributed by atoms with Gasteiger partial charge in [0.1, 0.15) is 5.60 Å². The normalized spacial score (nSPS) is 20.6. The Hall–Kier alpha value is -1.30. The molecule has 2 amide bonds. The molecule has 1 aliphatic rings. The lowest BCUT2D eigenvalue weighted by Gasteiger charge is -2.37. The zero-order valence-corrected chi connectivity index (χ0v) is 13.2. The molecule has 0 radical (unpaired) electrons. The monoisotopic (exact) mass is 285 g/mol. The van der Waals surface area contributed by atoms with Gasteiger partial charge in [-0.2, -0.15) is 0 Å². The van der Waals surface area contributed by atoms with Gasteiger partial charge in [0.25, 0.3) is 0 Å². The highest BCUT2D eigenvalue weighted by Gasteiger charge is 2.32. The van der Waals surface area contributed by atoms with Crippen LogP contribution in [0.5, 0.6) is 0 Å². The summed E-state index contributed by atoms with van der Waals surface area (Å²) in [4.78, 5) is 25.1. The van der Waals surface area contributed by atoms with E-state index in [4.69, 9.17) is 10.5 Å². The van der Waals surface area contributed by atoms with Crippen molar-refractivity contribution in [1.29, 1.82) is 0 Å². The molecule has 1 saturated heterocycles. The van der Waals surface area contributed by atoms with E-state index in [2.05, 4.69) is 5.32 Å². The van der Waals surface area contributed by atoms with Crippen molar-refractivity contribution in [2.45, 2.75) is 64.6 Å². The lowest BCUT2D eigenvalue weighted by molar-refractivity contribution is -0.123. The largest absolute Gasteiger partial charge is 0.444 e. The summed E-state index contributed by atoms with van der Waals surface area (Å²) in [5.74, 6) is -0.396. The highest BCUT2D eigenvalue weighted by atomic mass is 16.6. The van der Waals surface area contributed by atoms with Gasteiger partial charge < -0.3 is 15.4 Å². The highest BCUT2D eigenvalue weighted by molar-refractivity contribution is 5.83. The molecule has 0 spiro atoms. The number of ether oxygens (including phenoxy) is 1. The van der Waals surface area contributed by atoms with E-state index in [0.29, 0.717) is 13.1 Å². The fourth-order valence-electron chi connectivity index (χ4n) is 2.17. The number of piperidine rings is 1. The predicted molar refractivity (Wildman–Crippen MR) is 77.2 cm³/mol. The topological polar surface area (TPSA) is 84.7 Å². The molecule has 6 nitrogen and oxygen atoms in total. The number of hydrogen-bond donors (Lipinski definition) is 2. The molecule has 1 rings (SSSR count). The lowest BCUT2D eigenvalue weighted by Crippen LogP contribution is -2.59. The van der Waals surface area contributed by atoms with E-state index >= 15 is 0 Å². The van der Waals surface area contributed by atoms with Crippen molar-refractivity contribution in [1.82, 2.24) is 10.2 Å². The minimum Gasteiger partial charge on any atom is -0.444 e. The van der Waals surface area contributed by atoms with E-state index < -0.39 is 17.0 Å². The molecule has 116 valence electrons. The Labute approximate surface area is 121 Å². The molecule has 3 N–H and O–H groups in total. The summed E-state index contributed by atoms with van der Waals surface area (Å²) in [7, 11) is 0. The summed E-state index contributed by atoms with van der Waals surface area (Å²) >= 11 is 0. The Morgan fingerprint density at radius 2 is 1.85 bits per heavy atom. The smallest absolute Gasteiger partial charge is 0.410 e. The maximum absolute atomic E-state index is 12.0. The van der Waals surface area contributed by atoms with Crippen LogP contribution < -0.4 is 11.1 Å². The van der Waals surface area contributed by atoms with Crippen molar-refractivity contribution in [3.8, 4) is 0 Å². The number of hydrogen-bond acceptors (Lipinski definition) is 4. The van der Waals surface area contributed by atoms with E-state index in [-0.39, 0.29) is 12.1 Å². The van der Waals surface area contributed by atoms with Crippen LogP contribution in [0.25, 0.3) is 0 Å². The van der Waals surface area contributed by atoms with Crippen LogP contribution in [0.1, 0.15) is 47.5 Å². The second kappa shape index (κ2) is 5.99.